The van der Waals surface area contributed by atoms with Gasteiger partial charge in [-0.1, -0.05) is 24.3 Å². The second-order valence-electron chi connectivity index (χ2n) is 7.73. The standard InChI is InChI=1S/C23H32FN5O/c1-25-23(26-15-21(28(2)3)17-9-11-18(24)12-10-17)27-19-13-14-29(16-19)20-7-5-6-8-22(20)30-4/h5-12,19,21H,13-16H2,1-4H3,(H2,25,26,27). The van der Waals surface area contributed by atoms with Crippen molar-refractivity contribution in [3.8, 4) is 5.75 Å². The van der Waals surface area contributed by atoms with Gasteiger partial charge in [0.25, 0.3) is 0 Å². The van der Waals surface area contributed by atoms with Gasteiger partial charge in [-0.15, -0.1) is 0 Å². The number of halogens is 1. The molecule has 0 aromatic heterocycles. The van der Waals surface area contributed by atoms with Crippen LogP contribution in [-0.2, 0) is 0 Å². The van der Waals surface area contributed by atoms with Crippen LogP contribution in [0, 0.1) is 5.82 Å². The van der Waals surface area contributed by atoms with Crippen molar-refractivity contribution in [1.29, 1.82) is 0 Å². The summed E-state index contributed by atoms with van der Waals surface area (Å²) >= 11 is 0. The lowest BCUT2D eigenvalue weighted by atomic mass is 10.1. The predicted molar refractivity (Wildman–Crippen MR) is 121 cm³/mol. The number of guanidine groups is 1. The first-order chi connectivity index (χ1) is 14.5. The number of methoxy groups -OCH3 is 1. The topological polar surface area (TPSA) is 52.1 Å². The Hall–Kier alpha value is -2.80. The lowest BCUT2D eigenvalue weighted by Crippen LogP contribution is -2.46. The number of rotatable bonds is 7. The van der Waals surface area contributed by atoms with E-state index in [0.29, 0.717) is 12.6 Å². The van der Waals surface area contributed by atoms with Crippen molar-refractivity contribution in [2.24, 2.45) is 4.99 Å². The zero-order chi connectivity index (χ0) is 21.5. The Bertz CT molecular complexity index is 840. The fourth-order valence-electron chi connectivity index (χ4n) is 3.85. The van der Waals surface area contributed by atoms with Gasteiger partial charge in [-0.3, -0.25) is 4.99 Å². The number of benzene rings is 2. The van der Waals surface area contributed by atoms with Crippen LogP contribution in [0.4, 0.5) is 10.1 Å². The number of ether oxygens (including phenoxy) is 1. The predicted octanol–water partition coefficient (Wildman–Crippen LogP) is 2.88. The minimum absolute atomic E-state index is 0.109. The molecule has 30 heavy (non-hydrogen) atoms. The summed E-state index contributed by atoms with van der Waals surface area (Å²) in [6.07, 6.45) is 1.02. The van der Waals surface area contributed by atoms with Gasteiger partial charge in [-0.25, -0.2) is 4.39 Å². The molecular formula is C23H32FN5O. The molecule has 7 heteroatoms. The van der Waals surface area contributed by atoms with E-state index in [4.69, 9.17) is 4.74 Å². The van der Waals surface area contributed by atoms with E-state index in [9.17, 15) is 4.39 Å². The third kappa shape index (κ3) is 5.42. The third-order valence-corrected chi connectivity index (χ3v) is 5.52. The van der Waals surface area contributed by atoms with E-state index in [1.54, 1.807) is 14.2 Å². The summed E-state index contributed by atoms with van der Waals surface area (Å²) in [6.45, 7) is 2.52. The number of hydrogen-bond acceptors (Lipinski definition) is 4. The SMILES string of the molecule is CN=C(NCC(c1ccc(F)cc1)N(C)C)NC1CCN(c2ccccc2OC)C1. The molecule has 2 atom stereocenters. The zero-order valence-corrected chi connectivity index (χ0v) is 18.2. The molecule has 1 aliphatic heterocycles. The highest BCUT2D eigenvalue weighted by atomic mass is 19.1. The highest BCUT2D eigenvalue weighted by Gasteiger charge is 2.25. The molecule has 0 saturated carbocycles. The minimum atomic E-state index is -0.220. The summed E-state index contributed by atoms with van der Waals surface area (Å²) in [6, 6.07) is 15.2. The van der Waals surface area contributed by atoms with E-state index < -0.39 is 0 Å². The smallest absolute Gasteiger partial charge is 0.191 e. The summed E-state index contributed by atoms with van der Waals surface area (Å²) in [5.41, 5.74) is 2.18. The van der Waals surface area contributed by atoms with E-state index in [1.165, 1.54) is 12.1 Å². The summed E-state index contributed by atoms with van der Waals surface area (Å²) in [7, 11) is 7.53. The van der Waals surface area contributed by atoms with E-state index in [2.05, 4.69) is 31.5 Å². The van der Waals surface area contributed by atoms with Crippen LogP contribution in [0.5, 0.6) is 5.75 Å². The Kier molecular flexibility index (Phi) is 7.52. The molecule has 1 fully saturated rings. The molecule has 1 aliphatic rings. The second kappa shape index (κ2) is 10.3. The molecule has 3 rings (SSSR count). The highest BCUT2D eigenvalue weighted by molar-refractivity contribution is 5.80. The maximum atomic E-state index is 13.3. The van der Waals surface area contributed by atoms with Gasteiger partial charge in [0.15, 0.2) is 5.96 Å². The molecule has 0 spiro atoms. The van der Waals surface area contributed by atoms with Crippen LogP contribution < -0.4 is 20.3 Å². The molecule has 1 saturated heterocycles. The average molecular weight is 414 g/mol. The molecule has 1 heterocycles. The van der Waals surface area contributed by atoms with Crippen molar-refractivity contribution < 1.29 is 9.13 Å². The van der Waals surface area contributed by atoms with Crippen LogP contribution in [0.2, 0.25) is 0 Å². The first-order valence-electron chi connectivity index (χ1n) is 10.3. The maximum absolute atomic E-state index is 13.3. The molecule has 0 radical (unpaired) electrons. The molecule has 0 bridgehead atoms. The van der Waals surface area contributed by atoms with Gasteiger partial charge in [0, 0.05) is 32.7 Å². The molecule has 0 amide bonds. The summed E-state index contributed by atoms with van der Waals surface area (Å²) in [5, 5.41) is 6.96. The Morgan fingerprint density at radius 2 is 1.97 bits per heavy atom. The maximum Gasteiger partial charge on any atom is 0.191 e. The van der Waals surface area contributed by atoms with Crippen LogP contribution in [0.15, 0.2) is 53.5 Å². The minimum Gasteiger partial charge on any atom is -0.495 e. The van der Waals surface area contributed by atoms with Crippen LogP contribution in [0.25, 0.3) is 0 Å². The Morgan fingerprint density at radius 1 is 1.23 bits per heavy atom. The largest absolute Gasteiger partial charge is 0.495 e. The average Bonchev–Trinajstić information content (AvgIpc) is 3.22. The zero-order valence-electron chi connectivity index (χ0n) is 18.2. The van der Waals surface area contributed by atoms with Gasteiger partial charge >= 0.3 is 0 Å². The van der Waals surface area contributed by atoms with Crippen LogP contribution in [0.3, 0.4) is 0 Å². The Morgan fingerprint density at radius 3 is 2.63 bits per heavy atom. The normalized spacial score (nSPS) is 17.9. The third-order valence-electron chi connectivity index (χ3n) is 5.52. The highest BCUT2D eigenvalue weighted by Crippen LogP contribution is 2.30. The molecule has 2 aromatic rings. The Labute approximate surface area is 178 Å². The molecule has 162 valence electrons. The van der Waals surface area contributed by atoms with Gasteiger partial charge in [0.1, 0.15) is 11.6 Å². The van der Waals surface area contributed by atoms with Gasteiger partial charge in [-0.2, -0.15) is 0 Å². The van der Waals surface area contributed by atoms with Gasteiger partial charge < -0.3 is 25.2 Å². The van der Waals surface area contributed by atoms with Gasteiger partial charge in [0.05, 0.1) is 18.8 Å². The molecule has 2 N–H and O–H groups in total. The number of para-hydroxylation sites is 2. The van der Waals surface area contributed by atoms with E-state index in [1.807, 2.05) is 44.4 Å². The first-order valence-corrected chi connectivity index (χ1v) is 10.3. The molecule has 0 aliphatic carbocycles. The number of nitrogens with zero attached hydrogens (tertiary/aromatic N) is 3. The van der Waals surface area contributed by atoms with Crippen molar-refractivity contribution >= 4 is 11.6 Å². The lowest BCUT2D eigenvalue weighted by molar-refractivity contribution is 0.297. The van der Waals surface area contributed by atoms with E-state index in [0.717, 1.165) is 42.5 Å². The number of hydrogen-bond donors (Lipinski definition) is 2. The second-order valence-corrected chi connectivity index (χ2v) is 7.73. The van der Waals surface area contributed by atoms with Crippen molar-refractivity contribution in [3.05, 3.63) is 59.9 Å². The van der Waals surface area contributed by atoms with Gasteiger partial charge in [0.2, 0.25) is 0 Å². The molecule has 2 aromatic carbocycles. The number of aliphatic imine (C=N–C) groups is 1. The number of likely N-dealkylation sites (N-methyl/N-ethyl adjacent to an activating group) is 1. The summed E-state index contributed by atoms with van der Waals surface area (Å²) in [4.78, 5) is 8.85. The van der Waals surface area contributed by atoms with E-state index in [-0.39, 0.29) is 11.9 Å². The van der Waals surface area contributed by atoms with Crippen LogP contribution in [0.1, 0.15) is 18.0 Å². The first kappa shape index (κ1) is 21.9. The number of anilines is 1. The van der Waals surface area contributed by atoms with Crippen molar-refractivity contribution in [1.82, 2.24) is 15.5 Å². The monoisotopic (exact) mass is 413 g/mol. The van der Waals surface area contributed by atoms with Crippen molar-refractivity contribution in [2.45, 2.75) is 18.5 Å². The van der Waals surface area contributed by atoms with Crippen molar-refractivity contribution in [3.63, 3.8) is 0 Å². The summed E-state index contributed by atoms with van der Waals surface area (Å²) in [5.74, 6) is 1.45. The Balaban J connectivity index is 1.57. The molecule has 2 unspecified atom stereocenters. The van der Waals surface area contributed by atoms with Crippen LogP contribution in [-0.4, -0.2) is 64.8 Å². The fraction of sp³-hybridized carbons (Fsp3) is 0.435. The summed E-state index contributed by atoms with van der Waals surface area (Å²) < 4.78 is 18.8. The molecular weight excluding hydrogens is 381 g/mol. The molecule has 6 nitrogen and oxygen atoms in total. The number of nitrogens with one attached hydrogen (secondary N) is 2. The fourth-order valence-corrected chi connectivity index (χ4v) is 3.85. The lowest BCUT2D eigenvalue weighted by Gasteiger charge is -2.27. The quantitative estimate of drug-likeness (QED) is 0.540. The van der Waals surface area contributed by atoms with Crippen molar-refractivity contribution in [2.75, 3.05) is 52.8 Å². The van der Waals surface area contributed by atoms with Crippen LogP contribution >= 0.6 is 0 Å². The van der Waals surface area contributed by atoms with Gasteiger partial charge in [-0.05, 0) is 50.3 Å². The van der Waals surface area contributed by atoms with E-state index >= 15 is 0 Å².